The summed E-state index contributed by atoms with van der Waals surface area (Å²) in [6, 6.07) is 6.69. The summed E-state index contributed by atoms with van der Waals surface area (Å²) in [5.74, 6) is 1.81. The third-order valence-electron chi connectivity index (χ3n) is 6.14. The van der Waals surface area contributed by atoms with Crippen LogP contribution in [0.4, 0.5) is 0 Å². The smallest absolute Gasteiger partial charge is 0.203 e. The fourth-order valence-corrected chi connectivity index (χ4v) is 4.20. The molecule has 1 aromatic rings. The number of nitrogens with zero attached hydrogens (tertiary/aromatic N) is 3. The SMILES string of the molecule is CCCCCCC(CCCC(C#N)(c1cc(OC)c(OC)c(OC)c1)C(C)C)N=NC.Cl. The molecule has 0 fully saturated rings. The van der Waals surface area contributed by atoms with Crippen molar-refractivity contribution in [3.63, 3.8) is 0 Å². The number of azo groups is 1. The number of rotatable bonds is 15. The van der Waals surface area contributed by atoms with Crippen molar-refractivity contribution >= 4 is 12.4 Å². The first-order valence-corrected chi connectivity index (χ1v) is 11.4. The zero-order valence-electron chi connectivity index (χ0n) is 20.9. The third-order valence-corrected chi connectivity index (χ3v) is 6.14. The van der Waals surface area contributed by atoms with E-state index in [1.54, 1.807) is 28.4 Å². The molecule has 0 saturated heterocycles. The van der Waals surface area contributed by atoms with Gasteiger partial charge in [-0.1, -0.05) is 46.5 Å². The Kier molecular flexibility index (Phi) is 14.8. The molecule has 2 unspecified atom stereocenters. The first kappa shape index (κ1) is 30.0. The molecule has 32 heavy (non-hydrogen) atoms. The summed E-state index contributed by atoms with van der Waals surface area (Å²) in [4.78, 5) is 0. The van der Waals surface area contributed by atoms with Crippen LogP contribution in [-0.2, 0) is 5.41 Å². The molecular weight excluding hydrogens is 426 g/mol. The van der Waals surface area contributed by atoms with Crippen molar-refractivity contribution in [3.8, 4) is 23.3 Å². The first-order chi connectivity index (χ1) is 14.9. The second-order valence-corrected chi connectivity index (χ2v) is 8.36. The molecule has 7 heteroatoms. The van der Waals surface area contributed by atoms with E-state index in [1.807, 2.05) is 12.1 Å². The molecule has 6 nitrogen and oxygen atoms in total. The van der Waals surface area contributed by atoms with Gasteiger partial charge >= 0.3 is 0 Å². The summed E-state index contributed by atoms with van der Waals surface area (Å²) in [5.41, 5.74) is 0.249. The molecule has 0 bridgehead atoms. The van der Waals surface area contributed by atoms with Gasteiger partial charge in [-0.2, -0.15) is 15.5 Å². The number of methoxy groups -OCH3 is 3. The Hall–Kier alpha value is -2.00. The van der Waals surface area contributed by atoms with Gasteiger partial charge in [0, 0.05) is 7.05 Å². The number of ether oxygens (including phenoxy) is 3. The van der Waals surface area contributed by atoms with E-state index in [9.17, 15) is 5.26 Å². The molecular formula is C25H42ClN3O3. The van der Waals surface area contributed by atoms with Gasteiger partial charge in [0.25, 0.3) is 0 Å². The van der Waals surface area contributed by atoms with E-state index < -0.39 is 5.41 Å². The van der Waals surface area contributed by atoms with Crippen LogP contribution in [0.2, 0.25) is 0 Å². The van der Waals surface area contributed by atoms with Crippen molar-refractivity contribution in [2.24, 2.45) is 16.1 Å². The Bertz CT molecular complexity index is 709. The Balaban J connectivity index is 0.00000961. The maximum absolute atomic E-state index is 10.3. The van der Waals surface area contributed by atoms with Crippen LogP contribution in [0.25, 0.3) is 0 Å². The topological polar surface area (TPSA) is 76.2 Å². The van der Waals surface area contributed by atoms with Crippen LogP contribution < -0.4 is 14.2 Å². The number of hydrogen-bond acceptors (Lipinski definition) is 6. The predicted molar refractivity (Wildman–Crippen MR) is 133 cm³/mol. The standard InChI is InChI=1S/C25H41N3O3.ClH/c1-8-9-10-11-13-21(28-27-4)14-12-15-25(18-26,19(2)3)20-16-22(29-5)24(31-7)23(17-20)30-6;/h16-17,19,21H,8-15H2,1-7H3;1H. The Morgan fingerprint density at radius 1 is 0.969 bits per heavy atom. The molecule has 2 atom stereocenters. The van der Waals surface area contributed by atoms with Gasteiger partial charge in [-0.15, -0.1) is 12.4 Å². The molecule has 1 aromatic carbocycles. The zero-order valence-corrected chi connectivity index (χ0v) is 21.8. The molecule has 0 aliphatic heterocycles. The average Bonchev–Trinajstić information content (AvgIpc) is 2.78. The van der Waals surface area contributed by atoms with E-state index in [0.717, 1.165) is 31.2 Å². The van der Waals surface area contributed by atoms with E-state index in [2.05, 4.69) is 37.1 Å². The molecule has 1 rings (SSSR count). The molecule has 0 aliphatic rings. The van der Waals surface area contributed by atoms with Crippen LogP contribution >= 0.6 is 12.4 Å². The zero-order chi connectivity index (χ0) is 23.3. The van der Waals surface area contributed by atoms with E-state index in [1.165, 1.54) is 25.7 Å². The average molecular weight is 468 g/mol. The predicted octanol–water partition coefficient (Wildman–Crippen LogP) is 7.14. The first-order valence-electron chi connectivity index (χ1n) is 11.4. The van der Waals surface area contributed by atoms with Crippen molar-refractivity contribution in [2.75, 3.05) is 28.4 Å². The second kappa shape index (κ2) is 15.7. The molecule has 0 aliphatic carbocycles. The normalized spacial score (nSPS) is 13.8. The summed E-state index contributed by atoms with van der Waals surface area (Å²) in [5, 5.41) is 18.8. The van der Waals surface area contributed by atoms with Crippen LogP contribution in [0.3, 0.4) is 0 Å². The van der Waals surface area contributed by atoms with E-state index in [4.69, 9.17) is 14.2 Å². The highest BCUT2D eigenvalue weighted by molar-refractivity contribution is 5.85. The second-order valence-electron chi connectivity index (χ2n) is 8.36. The molecule has 0 spiro atoms. The van der Waals surface area contributed by atoms with Gasteiger partial charge in [-0.25, -0.2) is 0 Å². The molecule has 0 aromatic heterocycles. The lowest BCUT2D eigenvalue weighted by atomic mass is 9.69. The Morgan fingerprint density at radius 2 is 1.56 bits per heavy atom. The maximum Gasteiger partial charge on any atom is 0.203 e. The number of unbranched alkanes of at least 4 members (excludes halogenated alkanes) is 3. The monoisotopic (exact) mass is 467 g/mol. The summed E-state index contributed by atoms with van der Waals surface area (Å²) in [6.07, 6.45) is 8.55. The number of hydrogen-bond donors (Lipinski definition) is 0. The van der Waals surface area contributed by atoms with Gasteiger partial charge in [0.05, 0.1) is 38.9 Å². The van der Waals surface area contributed by atoms with Gasteiger partial charge in [-0.05, 0) is 49.3 Å². The van der Waals surface area contributed by atoms with E-state index in [-0.39, 0.29) is 24.4 Å². The fraction of sp³-hybridized carbons (Fsp3) is 0.720. The quantitative estimate of drug-likeness (QED) is 0.203. The Morgan fingerprint density at radius 3 is 2.00 bits per heavy atom. The van der Waals surface area contributed by atoms with Gasteiger partial charge in [0.1, 0.15) is 0 Å². The minimum Gasteiger partial charge on any atom is -0.493 e. The molecule has 0 N–H and O–H groups in total. The molecule has 0 heterocycles. The minimum absolute atomic E-state index is 0. The highest BCUT2D eigenvalue weighted by atomic mass is 35.5. The fourth-order valence-electron chi connectivity index (χ4n) is 4.20. The lowest BCUT2D eigenvalue weighted by molar-refractivity contribution is 0.315. The maximum atomic E-state index is 10.3. The molecule has 182 valence electrons. The summed E-state index contributed by atoms with van der Waals surface area (Å²) in [6.45, 7) is 6.42. The van der Waals surface area contributed by atoms with Crippen molar-refractivity contribution in [1.29, 1.82) is 5.26 Å². The van der Waals surface area contributed by atoms with Gasteiger partial charge in [0.2, 0.25) is 5.75 Å². The Labute approximate surface area is 201 Å². The van der Waals surface area contributed by atoms with Crippen LogP contribution in [0.1, 0.15) is 77.7 Å². The number of halogens is 1. The van der Waals surface area contributed by atoms with Crippen molar-refractivity contribution < 1.29 is 14.2 Å². The summed E-state index contributed by atoms with van der Waals surface area (Å²) >= 11 is 0. The lowest BCUT2D eigenvalue weighted by Gasteiger charge is -2.32. The third kappa shape index (κ3) is 7.85. The highest BCUT2D eigenvalue weighted by Crippen LogP contribution is 2.45. The van der Waals surface area contributed by atoms with Gasteiger partial charge < -0.3 is 14.2 Å². The van der Waals surface area contributed by atoms with Crippen LogP contribution in [0.15, 0.2) is 22.4 Å². The van der Waals surface area contributed by atoms with E-state index >= 15 is 0 Å². The highest BCUT2D eigenvalue weighted by Gasteiger charge is 2.37. The van der Waals surface area contributed by atoms with Crippen molar-refractivity contribution in [1.82, 2.24) is 0 Å². The van der Waals surface area contributed by atoms with Crippen LogP contribution in [0, 0.1) is 17.2 Å². The molecule has 0 saturated carbocycles. The number of benzene rings is 1. The van der Waals surface area contributed by atoms with E-state index in [0.29, 0.717) is 17.2 Å². The minimum atomic E-state index is -0.650. The van der Waals surface area contributed by atoms with Gasteiger partial charge in [-0.3, -0.25) is 0 Å². The van der Waals surface area contributed by atoms with Crippen LogP contribution in [-0.4, -0.2) is 34.4 Å². The van der Waals surface area contributed by atoms with Crippen LogP contribution in [0.5, 0.6) is 17.2 Å². The molecule has 0 amide bonds. The van der Waals surface area contributed by atoms with Crippen molar-refractivity contribution in [3.05, 3.63) is 17.7 Å². The summed E-state index contributed by atoms with van der Waals surface area (Å²) < 4.78 is 16.5. The largest absolute Gasteiger partial charge is 0.493 e. The lowest BCUT2D eigenvalue weighted by Crippen LogP contribution is -2.31. The molecule has 0 radical (unpaired) electrons. The number of nitriles is 1. The van der Waals surface area contributed by atoms with Crippen molar-refractivity contribution in [2.45, 2.75) is 83.6 Å². The summed E-state index contributed by atoms with van der Waals surface area (Å²) in [7, 11) is 6.53. The van der Waals surface area contributed by atoms with Gasteiger partial charge in [0.15, 0.2) is 11.5 Å².